The van der Waals surface area contributed by atoms with Crippen LogP contribution in [0.1, 0.15) is 37.8 Å². The van der Waals surface area contributed by atoms with Crippen molar-refractivity contribution in [3.8, 4) is 0 Å². The Morgan fingerprint density at radius 2 is 2.46 bits per heavy atom. The van der Waals surface area contributed by atoms with E-state index < -0.39 is 0 Å². The van der Waals surface area contributed by atoms with Gasteiger partial charge in [-0.3, -0.25) is 4.68 Å². The first-order valence-corrected chi connectivity index (χ1v) is 4.89. The molecule has 0 aliphatic heterocycles. The highest BCUT2D eigenvalue weighted by Gasteiger charge is 2.28. The SMILES string of the molecule is CCn1cc([C@@H]2CCC[C@H]2O)nn1. The van der Waals surface area contributed by atoms with Gasteiger partial charge in [0.05, 0.1) is 11.8 Å². The molecule has 4 nitrogen and oxygen atoms in total. The molecular formula is C9H15N3O. The third-order valence-corrected chi connectivity index (χ3v) is 2.74. The Labute approximate surface area is 77.6 Å². The highest BCUT2D eigenvalue weighted by molar-refractivity contribution is 5.07. The Bertz CT molecular complexity index is 284. The van der Waals surface area contributed by atoms with E-state index in [-0.39, 0.29) is 12.0 Å². The summed E-state index contributed by atoms with van der Waals surface area (Å²) in [6, 6.07) is 0. The van der Waals surface area contributed by atoms with Gasteiger partial charge in [-0.05, 0) is 19.8 Å². The first-order valence-electron chi connectivity index (χ1n) is 4.89. The van der Waals surface area contributed by atoms with Crippen LogP contribution in [0.15, 0.2) is 6.20 Å². The molecule has 1 aromatic heterocycles. The Morgan fingerprint density at radius 3 is 3.00 bits per heavy atom. The number of aliphatic hydroxyl groups is 1. The summed E-state index contributed by atoms with van der Waals surface area (Å²) in [4.78, 5) is 0. The van der Waals surface area contributed by atoms with Gasteiger partial charge in [-0.1, -0.05) is 11.6 Å². The van der Waals surface area contributed by atoms with Gasteiger partial charge in [-0.15, -0.1) is 5.10 Å². The van der Waals surface area contributed by atoms with E-state index >= 15 is 0 Å². The van der Waals surface area contributed by atoms with Gasteiger partial charge in [0.1, 0.15) is 0 Å². The third kappa shape index (κ3) is 1.58. The van der Waals surface area contributed by atoms with Crippen LogP contribution in [0.3, 0.4) is 0 Å². The lowest BCUT2D eigenvalue weighted by molar-refractivity contribution is 0.162. The van der Waals surface area contributed by atoms with E-state index in [0.717, 1.165) is 31.5 Å². The highest BCUT2D eigenvalue weighted by Crippen LogP contribution is 2.32. The highest BCUT2D eigenvalue weighted by atomic mass is 16.3. The fraction of sp³-hybridized carbons (Fsp3) is 0.778. The smallest absolute Gasteiger partial charge is 0.0883 e. The predicted octanol–water partition coefficient (Wildman–Crippen LogP) is 0.926. The summed E-state index contributed by atoms with van der Waals surface area (Å²) in [5.41, 5.74) is 0.951. The third-order valence-electron chi connectivity index (χ3n) is 2.74. The lowest BCUT2D eigenvalue weighted by Crippen LogP contribution is -2.11. The van der Waals surface area contributed by atoms with Crippen LogP contribution in [0.4, 0.5) is 0 Å². The van der Waals surface area contributed by atoms with Crippen molar-refractivity contribution in [1.82, 2.24) is 15.0 Å². The number of hydrogen-bond acceptors (Lipinski definition) is 3. The summed E-state index contributed by atoms with van der Waals surface area (Å²) in [6.45, 7) is 2.87. The van der Waals surface area contributed by atoms with Crippen LogP contribution >= 0.6 is 0 Å². The van der Waals surface area contributed by atoms with E-state index in [9.17, 15) is 5.11 Å². The molecule has 0 bridgehead atoms. The summed E-state index contributed by atoms with van der Waals surface area (Å²) < 4.78 is 1.81. The topological polar surface area (TPSA) is 50.9 Å². The number of aromatic nitrogens is 3. The molecule has 2 rings (SSSR count). The van der Waals surface area contributed by atoms with Gasteiger partial charge >= 0.3 is 0 Å². The van der Waals surface area contributed by atoms with Crippen LogP contribution in [0.5, 0.6) is 0 Å². The van der Waals surface area contributed by atoms with Gasteiger partial charge in [-0.2, -0.15) is 0 Å². The minimum absolute atomic E-state index is 0.206. The molecule has 4 heteroatoms. The molecule has 72 valence electrons. The van der Waals surface area contributed by atoms with Crippen molar-refractivity contribution >= 4 is 0 Å². The number of rotatable bonds is 2. The van der Waals surface area contributed by atoms with E-state index in [1.54, 1.807) is 4.68 Å². The molecule has 0 saturated heterocycles. The number of aryl methyl sites for hydroxylation is 1. The van der Waals surface area contributed by atoms with Crippen molar-refractivity contribution in [3.63, 3.8) is 0 Å². The Balaban J connectivity index is 2.15. The molecular weight excluding hydrogens is 166 g/mol. The van der Waals surface area contributed by atoms with Crippen LogP contribution in [0.2, 0.25) is 0 Å². The zero-order chi connectivity index (χ0) is 9.26. The molecule has 1 aliphatic rings. The lowest BCUT2D eigenvalue weighted by atomic mass is 10.0. The quantitative estimate of drug-likeness (QED) is 0.738. The van der Waals surface area contributed by atoms with Gasteiger partial charge in [0.2, 0.25) is 0 Å². The maximum absolute atomic E-state index is 9.65. The summed E-state index contributed by atoms with van der Waals surface area (Å²) in [5, 5.41) is 17.7. The number of nitrogens with zero attached hydrogens (tertiary/aromatic N) is 3. The Morgan fingerprint density at radius 1 is 1.62 bits per heavy atom. The average Bonchev–Trinajstić information content (AvgIpc) is 2.71. The normalized spacial score (nSPS) is 28.2. The van der Waals surface area contributed by atoms with Crippen molar-refractivity contribution in [2.75, 3.05) is 0 Å². The molecule has 13 heavy (non-hydrogen) atoms. The predicted molar refractivity (Wildman–Crippen MR) is 48.3 cm³/mol. The molecule has 0 amide bonds. The fourth-order valence-corrected chi connectivity index (χ4v) is 1.92. The first kappa shape index (κ1) is 8.69. The van der Waals surface area contributed by atoms with Crippen LogP contribution in [-0.2, 0) is 6.54 Å². The van der Waals surface area contributed by atoms with Gasteiger partial charge < -0.3 is 5.11 Å². The first-order chi connectivity index (χ1) is 6.31. The van der Waals surface area contributed by atoms with Crippen LogP contribution in [0.25, 0.3) is 0 Å². The summed E-state index contributed by atoms with van der Waals surface area (Å²) in [7, 11) is 0. The second-order valence-corrected chi connectivity index (χ2v) is 3.60. The van der Waals surface area contributed by atoms with Crippen molar-refractivity contribution in [3.05, 3.63) is 11.9 Å². The summed E-state index contributed by atoms with van der Waals surface area (Å²) in [6.07, 6.45) is 4.79. The van der Waals surface area contributed by atoms with Gasteiger partial charge in [-0.25, -0.2) is 0 Å². The standard InChI is InChI=1S/C9H15N3O/c1-2-12-6-8(10-11-12)7-4-3-5-9(7)13/h6-7,9,13H,2-5H2,1H3/t7-,9+/m0/s1. The van der Waals surface area contributed by atoms with Crippen molar-refractivity contribution < 1.29 is 5.11 Å². The van der Waals surface area contributed by atoms with Crippen molar-refractivity contribution in [1.29, 1.82) is 0 Å². The Kier molecular flexibility index (Phi) is 2.31. The molecule has 0 unspecified atom stereocenters. The van der Waals surface area contributed by atoms with Crippen molar-refractivity contribution in [2.24, 2.45) is 0 Å². The van der Waals surface area contributed by atoms with E-state index in [2.05, 4.69) is 10.3 Å². The molecule has 0 aromatic carbocycles. The van der Waals surface area contributed by atoms with Gasteiger partial charge in [0.25, 0.3) is 0 Å². The van der Waals surface area contributed by atoms with Gasteiger partial charge in [0.15, 0.2) is 0 Å². The zero-order valence-corrected chi connectivity index (χ0v) is 7.85. The number of hydrogen-bond donors (Lipinski definition) is 1. The van der Waals surface area contributed by atoms with Gasteiger partial charge in [0, 0.05) is 18.7 Å². The Hall–Kier alpha value is -0.900. The molecule has 0 spiro atoms. The fourth-order valence-electron chi connectivity index (χ4n) is 1.92. The summed E-state index contributed by atoms with van der Waals surface area (Å²) >= 11 is 0. The zero-order valence-electron chi connectivity index (χ0n) is 7.85. The van der Waals surface area contributed by atoms with Crippen LogP contribution in [0, 0.1) is 0 Å². The molecule has 1 saturated carbocycles. The lowest BCUT2D eigenvalue weighted by Gasteiger charge is -2.09. The largest absolute Gasteiger partial charge is 0.392 e. The second kappa shape index (κ2) is 3.46. The monoisotopic (exact) mass is 181 g/mol. The van der Waals surface area contributed by atoms with Crippen LogP contribution < -0.4 is 0 Å². The molecule has 0 radical (unpaired) electrons. The molecule has 1 heterocycles. The van der Waals surface area contributed by atoms with E-state index in [1.807, 2.05) is 13.1 Å². The van der Waals surface area contributed by atoms with E-state index in [4.69, 9.17) is 0 Å². The van der Waals surface area contributed by atoms with E-state index in [1.165, 1.54) is 0 Å². The van der Waals surface area contributed by atoms with Crippen LogP contribution in [-0.4, -0.2) is 26.2 Å². The molecule has 2 atom stereocenters. The maximum atomic E-state index is 9.65. The maximum Gasteiger partial charge on any atom is 0.0883 e. The molecule has 1 N–H and O–H groups in total. The minimum Gasteiger partial charge on any atom is -0.392 e. The average molecular weight is 181 g/mol. The second-order valence-electron chi connectivity index (χ2n) is 3.60. The number of aliphatic hydroxyl groups excluding tert-OH is 1. The summed E-state index contributed by atoms with van der Waals surface area (Å²) in [5.74, 6) is 0.222. The van der Waals surface area contributed by atoms with Crippen molar-refractivity contribution in [2.45, 2.75) is 44.8 Å². The minimum atomic E-state index is -0.206. The molecule has 1 aliphatic carbocycles. The molecule has 1 fully saturated rings. The van der Waals surface area contributed by atoms with E-state index in [0.29, 0.717) is 0 Å². The molecule has 1 aromatic rings.